The van der Waals surface area contributed by atoms with Crippen molar-refractivity contribution < 1.29 is 27.9 Å². The number of halogens is 3. The number of aromatic nitrogens is 6. The molecular formula is C19H20F3N7O3S. The molecule has 33 heavy (non-hydrogen) atoms. The van der Waals surface area contributed by atoms with Gasteiger partial charge in [0.25, 0.3) is 5.91 Å². The molecule has 10 nitrogen and oxygen atoms in total. The molecule has 2 aliphatic rings. The van der Waals surface area contributed by atoms with Crippen molar-refractivity contribution in [2.24, 2.45) is 5.92 Å². The van der Waals surface area contributed by atoms with Crippen molar-refractivity contribution in [2.75, 3.05) is 13.1 Å². The fourth-order valence-electron chi connectivity index (χ4n) is 3.50. The topological polar surface area (TPSA) is 130 Å². The van der Waals surface area contributed by atoms with Gasteiger partial charge in [0, 0.05) is 54.5 Å². The van der Waals surface area contributed by atoms with Crippen LogP contribution in [0.25, 0.3) is 11.3 Å². The van der Waals surface area contributed by atoms with Gasteiger partial charge in [-0.3, -0.25) is 14.6 Å². The molecule has 5 rings (SSSR count). The Morgan fingerprint density at radius 2 is 1.97 bits per heavy atom. The molecule has 3 aromatic heterocycles. The molecule has 0 atom stereocenters. The van der Waals surface area contributed by atoms with Crippen LogP contribution in [0.15, 0.2) is 17.8 Å². The maximum Gasteiger partial charge on any atom is 0.490 e. The molecule has 0 spiro atoms. The highest BCUT2D eigenvalue weighted by atomic mass is 32.1. The number of nitrogens with one attached hydrogen (secondary N) is 1. The molecule has 1 fully saturated rings. The number of carboxylic acids is 1. The number of carbonyl (C=O) groups is 2. The summed E-state index contributed by atoms with van der Waals surface area (Å²) in [6.07, 6.45) is 3.06. The Kier molecular flexibility index (Phi) is 6.44. The molecule has 1 saturated carbocycles. The number of hydrogen-bond donors (Lipinski definition) is 2. The number of aromatic amines is 1. The number of carboxylic acid groups (broad SMARTS) is 1. The fourth-order valence-corrected chi connectivity index (χ4v) is 3.93. The highest BCUT2D eigenvalue weighted by Crippen LogP contribution is 2.31. The Hall–Kier alpha value is -3.29. The van der Waals surface area contributed by atoms with Crippen LogP contribution in [-0.2, 0) is 24.2 Å². The molecule has 4 heterocycles. The lowest BCUT2D eigenvalue weighted by Gasteiger charge is -2.18. The van der Waals surface area contributed by atoms with Gasteiger partial charge < -0.3 is 10.0 Å². The van der Waals surface area contributed by atoms with Crippen LogP contribution in [0.3, 0.4) is 0 Å². The van der Waals surface area contributed by atoms with E-state index in [0.717, 1.165) is 42.3 Å². The van der Waals surface area contributed by atoms with Crippen molar-refractivity contribution in [1.82, 2.24) is 34.5 Å². The molecule has 1 amide bonds. The normalized spacial score (nSPS) is 15.9. The van der Waals surface area contributed by atoms with Crippen molar-refractivity contribution in [3.63, 3.8) is 0 Å². The van der Waals surface area contributed by atoms with E-state index in [1.54, 1.807) is 5.38 Å². The Morgan fingerprint density at radius 3 is 2.61 bits per heavy atom. The van der Waals surface area contributed by atoms with Crippen LogP contribution in [0.2, 0.25) is 0 Å². The van der Waals surface area contributed by atoms with Crippen LogP contribution in [0.5, 0.6) is 0 Å². The molecule has 3 aromatic rings. The lowest BCUT2D eigenvalue weighted by atomic mass is 10.1. The number of carbonyl (C=O) groups excluding carboxylic acids is 1. The summed E-state index contributed by atoms with van der Waals surface area (Å²) in [6, 6.07) is 0. The largest absolute Gasteiger partial charge is 0.490 e. The van der Waals surface area contributed by atoms with Crippen LogP contribution in [0.1, 0.15) is 34.6 Å². The Labute approximate surface area is 189 Å². The monoisotopic (exact) mass is 483 g/mol. The van der Waals surface area contributed by atoms with E-state index < -0.39 is 12.1 Å². The van der Waals surface area contributed by atoms with Gasteiger partial charge in [0.2, 0.25) is 0 Å². The van der Waals surface area contributed by atoms with E-state index in [-0.39, 0.29) is 5.91 Å². The van der Waals surface area contributed by atoms with Gasteiger partial charge in [-0.05, 0) is 36.7 Å². The Balaban J connectivity index is 0.000000325. The van der Waals surface area contributed by atoms with E-state index in [1.807, 2.05) is 15.8 Å². The zero-order chi connectivity index (χ0) is 23.6. The van der Waals surface area contributed by atoms with Gasteiger partial charge in [-0.15, -0.1) is 5.10 Å². The van der Waals surface area contributed by atoms with Gasteiger partial charge >= 0.3 is 12.1 Å². The number of fused-ring (bicyclic) bond motifs is 1. The molecule has 14 heteroatoms. The van der Waals surface area contributed by atoms with E-state index in [1.165, 1.54) is 29.9 Å². The first-order valence-corrected chi connectivity index (χ1v) is 11.0. The smallest absolute Gasteiger partial charge is 0.475 e. The second kappa shape index (κ2) is 9.29. The van der Waals surface area contributed by atoms with Gasteiger partial charge in [0.1, 0.15) is 0 Å². The van der Waals surface area contributed by atoms with Crippen LogP contribution in [-0.4, -0.2) is 70.7 Å². The van der Waals surface area contributed by atoms with E-state index >= 15 is 0 Å². The van der Waals surface area contributed by atoms with Gasteiger partial charge in [-0.2, -0.15) is 23.4 Å². The number of rotatable bonds is 4. The molecule has 0 saturated heterocycles. The molecule has 2 N–H and O–H groups in total. The molecule has 0 radical (unpaired) electrons. The highest BCUT2D eigenvalue weighted by Gasteiger charge is 2.38. The quantitative estimate of drug-likeness (QED) is 0.583. The van der Waals surface area contributed by atoms with Gasteiger partial charge in [-0.1, -0.05) is 4.49 Å². The third-order valence-electron chi connectivity index (χ3n) is 5.37. The molecule has 1 aliphatic heterocycles. The zero-order valence-electron chi connectivity index (χ0n) is 17.2. The lowest BCUT2D eigenvalue weighted by Crippen LogP contribution is -2.33. The molecule has 176 valence electrons. The molecule has 1 aliphatic carbocycles. The van der Waals surface area contributed by atoms with Crippen LogP contribution >= 0.6 is 11.5 Å². The lowest BCUT2D eigenvalue weighted by molar-refractivity contribution is -0.192. The minimum absolute atomic E-state index is 0.0457. The number of hydrogen-bond acceptors (Lipinski definition) is 7. The number of nitrogens with zero attached hydrogens (tertiary/aromatic N) is 6. The van der Waals surface area contributed by atoms with E-state index in [0.29, 0.717) is 18.8 Å². The van der Waals surface area contributed by atoms with Gasteiger partial charge in [-0.25, -0.2) is 4.79 Å². The number of amides is 1. The van der Waals surface area contributed by atoms with E-state index in [4.69, 9.17) is 9.90 Å². The minimum Gasteiger partial charge on any atom is -0.475 e. The summed E-state index contributed by atoms with van der Waals surface area (Å²) >= 11 is 1.20. The minimum atomic E-state index is -5.08. The van der Waals surface area contributed by atoms with E-state index in [9.17, 15) is 18.0 Å². The predicted octanol–water partition coefficient (Wildman–Crippen LogP) is 2.41. The molecular weight excluding hydrogens is 463 g/mol. The van der Waals surface area contributed by atoms with Crippen LogP contribution in [0, 0.1) is 5.92 Å². The average Bonchev–Trinajstić information content (AvgIpc) is 3.14. The van der Waals surface area contributed by atoms with E-state index in [2.05, 4.69) is 31.1 Å². The third-order valence-corrected chi connectivity index (χ3v) is 5.88. The summed E-state index contributed by atoms with van der Waals surface area (Å²) in [7, 11) is 0. The van der Waals surface area contributed by atoms with Crippen molar-refractivity contribution in [3.8, 4) is 11.3 Å². The number of aliphatic carboxylic acids is 1. The summed E-state index contributed by atoms with van der Waals surface area (Å²) in [5, 5.41) is 24.9. The maximum atomic E-state index is 12.5. The number of alkyl halides is 3. The summed E-state index contributed by atoms with van der Waals surface area (Å²) in [4.78, 5) is 23.3. The third kappa shape index (κ3) is 5.56. The predicted molar refractivity (Wildman–Crippen MR) is 109 cm³/mol. The van der Waals surface area contributed by atoms with Crippen LogP contribution < -0.4 is 0 Å². The van der Waals surface area contributed by atoms with Crippen molar-refractivity contribution >= 4 is 23.4 Å². The SMILES string of the molecule is O=C(O)C(F)(F)F.O=C(c1csnn1)N1CCc2[nH]nc(-c3cnn(CC4CC4)c3)c2CC1. The van der Waals surface area contributed by atoms with Gasteiger partial charge in [0.05, 0.1) is 11.9 Å². The Bertz CT molecular complexity index is 1120. The molecule has 0 unspecified atom stereocenters. The first-order chi connectivity index (χ1) is 15.7. The summed E-state index contributed by atoms with van der Waals surface area (Å²) < 4.78 is 37.6. The van der Waals surface area contributed by atoms with Crippen LogP contribution in [0.4, 0.5) is 13.2 Å². The fraction of sp³-hybridized carbons (Fsp3) is 0.474. The molecule has 0 bridgehead atoms. The molecule has 0 aromatic carbocycles. The Morgan fingerprint density at radius 1 is 1.24 bits per heavy atom. The second-order valence-electron chi connectivity index (χ2n) is 7.81. The van der Waals surface area contributed by atoms with Gasteiger partial charge in [0.15, 0.2) is 5.69 Å². The second-order valence-corrected chi connectivity index (χ2v) is 8.42. The average molecular weight is 483 g/mol. The standard InChI is InChI=1S/C17H19N7OS.C2HF3O2/c25-17(15-10-26-22-20-15)23-5-3-13-14(4-6-23)19-21-16(13)12-7-18-24(9-12)8-11-1-2-11;3-2(4,5)1(6)7/h7,9-11H,1-6,8H2,(H,19,21);(H,6,7). The maximum absolute atomic E-state index is 12.5. The van der Waals surface area contributed by atoms with Crippen molar-refractivity contribution in [3.05, 3.63) is 34.7 Å². The first-order valence-electron chi connectivity index (χ1n) is 10.2. The van der Waals surface area contributed by atoms with Crippen molar-refractivity contribution in [2.45, 2.75) is 38.4 Å². The number of H-pyrrole nitrogens is 1. The summed E-state index contributed by atoms with van der Waals surface area (Å²) in [5.74, 6) is -2.01. The summed E-state index contributed by atoms with van der Waals surface area (Å²) in [6.45, 7) is 2.31. The van der Waals surface area contributed by atoms with Crippen molar-refractivity contribution in [1.29, 1.82) is 0 Å². The zero-order valence-corrected chi connectivity index (χ0v) is 18.1. The highest BCUT2D eigenvalue weighted by molar-refractivity contribution is 7.03. The summed E-state index contributed by atoms with van der Waals surface area (Å²) in [5.41, 5.74) is 4.75. The first kappa shape index (κ1) is 22.9.